The highest BCUT2D eigenvalue weighted by Crippen LogP contribution is 2.38. The van der Waals surface area contributed by atoms with E-state index in [1.807, 2.05) is 0 Å². The lowest BCUT2D eigenvalue weighted by Crippen LogP contribution is -2.25. The Bertz CT molecular complexity index is 613. The molecular formula is C19H23N. The van der Waals surface area contributed by atoms with Crippen LogP contribution >= 0.6 is 0 Å². The van der Waals surface area contributed by atoms with E-state index in [0.29, 0.717) is 12.0 Å². The van der Waals surface area contributed by atoms with Crippen LogP contribution in [-0.4, -0.2) is 6.54 Å². The topological polar surface area (TPSA) is 12.0 Å². The van der Waals surface area contributed by atoms with Gasteiger partial charge in [0.15, 0.2) is 0 Å². The minimum absolute atomic E-state index is 0.443. The molecule has 0 radical (unpaired) electrons. The summed E-state index contributed by atoms with van der Waals surface area (Å²) < 4.78 is 0. The summed E-state index contributed by atoms with van der Waals surface area (Å²) in [5.74, 6) is 0.602. The number of rotatable bonds is 4. The van der Waals surface area contributed by atoms with E-state index in [2.05, 4.69) is 68.6 Å². The van der Waals surface area contributed by atoms with Gasteiger partial charge in [-0.25, -0.2) is 0 Å². The zero-order chi connectivity index (χ0) is 14.1. The molecule has 20 heavy (non-hydrogen) atoms. The highest BCUT2D eigenvalue weighted by Gasteiger charge is 2.21. The second kappa shape index (κ2) is 5.41. The summed E-state index contributed by atoms with van der Waals surface area (Å²) in [5.41, 5.74) is 7.19. The van der Waals surface area contributed by atoms with Gasteiger partial charge in [-0.05, 0) is 52.8 Å². The molecule has 2 aromatic carbocycles. The first-order valence-corrected chi connectivity index (χ1v) is 7.65. The molecule has 0 aliphatic heterocycles. The Morgan fingerprint density at radius 1 is 1.00 bits per heavy atom. The molecule has 1 unspecified atom stereocenters. The molecule has 0 amide bonds. The molecule has 1 nitrogen and oxygen atoms in total. The highest BCUT2D eigenvalue weighted by molar-refractivity contribution is 5.77. The number of benzene rings is 2. The molecule has 1 aliphatic rings. The first-order valence-electron chi connectivity index (χ1n) is 7.65. The van der Waals surface area contributed by atoms with Crippen LogP contribution in [0.5, 0.6) is 0 Å². The van der Waals surface area contributed by atoms with Crippen molar-refractivity contribution >= 4 is 0 Å². The summed E-state index contributed by atoms with van der Waals surface area (Å²) in [6.07, 6.45) is 1.08. The lowest BCUT2D eigenvalue weighted by atomic mass is 9.92. The van der Waals surface area contributed by atoms with Gasteiger partial charge in [0, 0.05) is 6.04 Å². The van der Waals surface area contributed by atoms with E-state index in [1.54, 1.807) is 0 Å². The van der Waals surface area contributed by atoms with E-state index in [9.17, 15) is 0 Å². The maximum Gasteiger partial charge on any atom is 0.0343 e. The Balaban J connectivity index is 2.02. The van der Waals surface area contributed by atoms with Gasteiger partial charge < -0.3 is 5.32 Å². The van der Waals surface area contributed by atoms with Gasteiger partial charge in [0.25, 0.3) is 0 Å². The third-order valence-electron chi connectivity index (χ3n) is 4.27. The third-order valence-corrected chi connectivity index (χ3v) is 4.27. The molecule has 1 aliphatic carbocycles. The minimum Gasteiger partial charge on any atom is -0.310 e. The smallest absolute Gasteiger partial charge is 0.0343 e. The molecule has 1 N–H and O–H groups in total. The van der Waals surface area contributed by atoms with Crippen LogP contribution in [0.2, 0.25) is 0 Å². The van der Waals surface area contributed by atoms with E-state index < -0.39 is 0 Å². The predicted molar refractivity (Wildman–Crippen MR) is 85.9 cm³/mol. The second-order valence-electron chi connectivity index (χ2n) is 6.03. The van der Waals surface area contributed by atoms with Gasteiger partial charge in [0.2, 0.25) is 0 Å². The van der Waals surface area contributed by atoms with Gasteiger partial charge in [0.05, 0.1) is 0 Å². The van der Waals surface area contributed by atoms with Gasteiger partial charge in [-0.2, -0.15) is 0 Å². The van der Waals surface area contributed by atoms with Crippen molar-refractivity contribution in [3.8, 4) is 11.1 Å². The minimum atomic E-state index is 0.443. The average molecular weight is 265 g/mol. The van der Waals surface area contributed by atoms with Gasteiger partial charge in [-0.15, -0.1) is 0 Å². The molecule has 0 fully saturated rings. The zero-order valence-electron chi connectivity index (χ0n) is 12.6. The van der Waals surface area contributed by atoms with Gasteiger partial charge in [-0.1, -0.05) is 57.2 Å². The van der Waals surface area contributed by atoms with Gasteiger partial charge in [0.1, 0.15) is 0 Å². The van der Waals surface area contributed by atoms with Gasteiger partial charge >= 0.3 is 0 Å². The molecule has 0 saturated heterocycles. The fourth-order valence-corrected chi connectivity index (χ4v) is 3.29. The van der Waals surface area contributed by atoms with E-state index in [0.717, 1.165) is 13.0 Å². The molecule has 0 bridgehead atoms. The number of nitrogens with one attached hydrogen (secondary N) is 1. The van der Waals surface area contributed by atoms with Crippen LogP contribution in [-0.2, 0) is 6.42 Å². The summed E-state index contributed by atoms with van der Waals surface area (Å²) >= 11 is 0. The summed E-state index contributed by atoms with van der Waals surface area (Å²) in [4.78, 5) is 0. The molecule has 1 heteroatoms. The Kier molecular flexibility index (Phi) is 3.62. The summed E-state index contributed by atoms with van der Waals surface area (Å²) in [5, 5.41) is 3.61. The van der Waals surface area contributed by atoms with E-state index in [4.69, 9.17) is 0 Å². The Labute approximate surface area is 122 Å². The van der Waals surface area contributed by atoms with Crippen molar-refractivity contribution in [2.75, 3.05) is 6.54 Å². The van der Waals surface area contributed by atoms with Crippen LogP contribution in [0.4, 0.5) is 0 Å². The molecule has 0 aromatic heterocycles. The summed E-state index contributed by atoms with van der Waals surface area (Å²) in [7, 11) is 0. The van der Waals surface area contributed by atoms with Crippen molar-refractivity contribution in [1.29, 1.82) is 0 Å². The van der Waals surface area contributed by atoms with Crippen molar-refractivity contribution in [2.45, 2.75) is 33.2 Å². The largest absolute Gasteiger partial charge is 0.310 e. The first-order chi connectivity index (χ1) is 9.70. The van der Waals surface area contributed by atoms with Crippen molar-refractivity contribution < 1.29 is 0 Å². The highest BCUT2D eigenvalue weighted by atomic mass is 14.9. The fraction of sp³-hybridized carbons (Fsp3) is 0.368. The molecule has 2 aromatic rings. The molecule has 0 heterocycles. The van der Waals surface area contributed by atoms with E-state index >= 15 is 0 Å². The van der Waals surface area contributed by atoms with Crippen LogP contribution in [0.1, 0.15) is 43.5 Å². The molecule has 1 atom stereocenters. The van der Waals surface area contributed by atoms with Crippen LogP contribution in [0.15, 0.2) is 42.5 Å². The maximum atomic E-state index is 3.61. The monoisotopic (exact) mass is 265 g/mol. The Morgan fingerprint density at radius 3 is 2.50 bits per heavy atom. The lowest BCUT2D eigenvalue weighted by Gasteiger charge is -2.23. The lowest BCUT2D eigenvalue weighted by molar-refractivity contribution is 0.422. The number of fused-ring (bicyclic) bond motifs is 3. The molecule has 0 spiro atoms. The molecule has 104 valence electrons. The maximum absolute atomic E-state index is 3.61. The predicted octanol–water partition coefficient (Wildman–Crippen LogP) is 4.56. The Hall–Kier alpha value is -1.60. The standard InChI is InChI=1S/C19H23N/c1-4-20-19(13(2)3)16-10-9-15-11-14-7-5-6-8-17(14)18(15)12-16/h5-10,12-13,19-20H,4,11H2,1-3H3. The molecular weight excluding hydrogens is 242 g/mol. The summed E-state index contributed by atoms with van der Waals surface area (Å²) in [6.45, 7) is 7.76. The van der Waals surface area contributed by atoms with Crippen molar-refractivity contribution in [3.63, 3.8) is 0 Å². The average Bonchev–Trinajstić information content (AvgIpc) is 2.82. The van der Waals surface area contributed by atoms with Crippen molar-refractivity contribution in [2.24, 2.45) is 5.92 Å². The first kappa shape index (κ1) is 13.4. The Morgan fingerprint density at radius 2 is 1.75 bits per heavy atom. The number of hydrogen-bond donors (Lipinski definition) is 1. The van der Waals surface area contributed by atoms with Crippen molar-refractivity contribution in [3.05, 3.63) is 59.2 Å². The van der Waals surface area contributed by atoms with E-state index in [-0.39, 0.29) is 0 Å². The van der Waals surface area contributed by atoms with Crippen LogP contribution in [0.3, 0.4) is 0 Å². The van der Waals surface area contributed by atoms with E-state index in [1.165, 1.54) is 27.8 Å². The fourth-order valence-electron chi connectivity index (χ4n) is 3.29. The molecule has 0 saturated carbocycles. The third kappa shape index (κ3) is 2.27. The summed E-state index contributed by atoms with van der Waals surface area (Å²) in [6, 6.07) is 16.2. The second-order valence-corrected chi connectivity index (χ2v) is 6.03. The van der Waals surface area contributed by atoms with Gasteiger partial charge in [-0.3, -0.25) is 0 Å². The van der Waals surface area contributed by atoms with Crippen LogP contribution < -0.4 is 5.32 Å². The SMILES string of the molecule is CCNC(c1ccc2c(c1)-c1ccccc1C2)C(C)C. The van der Waals surface area contributed by atoms with Crippen molar-refractivity contribution in [1.82, 2.24) is 5.32 Å². The zero-order valence-corrected chi connectivity index (χ0v) is 12.6. The van der Waals surface area contributed by atoms with Crippen LogP contribution in [0.25, 0.3) is 11.1 Å². The number of hydrogen-bond acceptors (Lipinski definition) is 1. The normalized spacial score (nSPS) is 14.2. The quantitative estimate of drug-likeness (QED) is 0.729. The molecule has 3 rings (SSSR count). The van der Waals surface area contributed by atoms with Crippen LogP contribution in [0, 0.1) is 5.92 Å².